The van der Waals surface area contributed by atoms with Gasteiger partial charge in [-0.3, -0.25) is 4.79 Å². The molecule has 0 atom stereocenters. The molecule has 0 aliphatic carbocycles. The van der Waals surface area contributed by atoms with Crippen LogP contribution in [-0.4, -0.2) is 37.4 Å². The van der Waals surface area contributed by atoms with E-state index in [4.69, 9.17) is 4.74 Å². The van der Waals surface area contributed by atoms with E-state index in [2.05, 4.69) is 18.7 Å². The molecule has 0 saturated heterocycles. The molecule has 100 valence electrons. The fourth-order valence-corrected chi connectivity index (χ4v) is 1.84. The van der Waals surface area contributed by atoms with Gasteiger partial charge in [-0.2, -0.15) is 0 Å². The first-order valence-electron chi connectivity index (χ1n) is 6.70. The lowest BCUT2D eigenvalue weighted by Gasteiger charge is -2.17. The van der Waals surface area contributed by atoms with Gasteiger partial charge in [0.1, 0.15) is 12.0 Å². The number of hydrogen-bond donors (Lipinski definition) is 0. The molecule has 0 aliphatic heterocycles. The van der Waals surface area contributed by atoms with Gasteiger partial charge in [0, 0.05) is 5.56 Å². The summed E-state index contributed by atoms with van der Waals surface area (Å²) in [6.45, 7) is 8.43. The van der Waals surface area contributed by atoms with E-state index in [1.165, 1.54) is 0 Å². The van der Waals surface area contributed by atoms with Crippen molar-refractivity contribution in [2.24, 2.45) is 0 Å². The molecule has 0 aliphatic rings. The minimum absolute atomic E-state index is 0.663. The molecule has 1 aromatic carbocycles. The molecule has 0 bridgehead atoms. The first kappa shape index (κ1) is 14.7. The highest BCUT2D eigenvalue weighted by molar-refractivity contribution is 5.75. The van der Waals surface area contributed by atoms with Crippen molar-refractivity contribution in [1.82, 2.24) is 4.90 Å². The van der Waals surface area contributed by atoms with E-state index < -0.39 is 0 Å². The van der Waals surface area contributed by atoms with Gasteiger partial charge in [0.2, 0.25) is 0 Å². The maximum Gasteiger partial charge on any atom is 0.150 e. The molecule has 1 aromatic rings. The average molecular weight is 249 g/mol. The molecule has 0 N–H and O–H groups in total. The van der Waals surface area contributed by atoms with Crippen molar-refractivity contribution >= 4 is 6.29 Å². The Morgan fingerprint density at radius 1 is 1.22 bits per heavy atom. The van der Waals surface area contributed by atoms with Gasteiger partial charge >= 0.3 is 0 Å². The van der Waals surface area contributed by atoms with E-state index in [0.29, 0.717) is 12.2 Å². The Balaban J connectivity index is 2.19. The summed E-state index contributed by atoms with van der Waals surface area (Å²) in [5.41, 5.74) is 0.663. The lowest BCUT2D eigenvalue weighted by atomic mass is 10.2. The molecular formula is C15H23NO2. The van der Waals surface area contributed by atoms with Gasteiger partial charge in [-0.1, -0.05) is 26.0 Å². The van der Waals surface area contributed by atoms with E-state index in [0.717, 1.165) is 44.5 Å². The van der Waals surface area contributed by atoms with Crippen LogP contribution in [-0.2, 0) is 0 Å². The molecule has 3 heteroatoms. The molecule has 3 nitrogen and oxygen atoms in total. The molecule has 0 fully saturated rings. The predicted molar refractivity (Wildman–Crippen MR) is 74.3 cm³/mol. The van der Waals surface area contributed by atoms with Crippen LogP contribution < -0.4 is 4.74 Å². The number of hydrogen-bond acceptors (Lipinski definition) is 3. The Kier molecular flexibility index (Phi) is 7.11. The zero-order valence-electron chi connectivity index (χ0n) is 11.4. The fourth-order valence-electron chi connectivity index (χ4n) is 1.84. The van der Waals surface area contributed by atoms with Crippen LogP contribution >= 0.6 is 0 Å². The number of carbonyl (C=O) groups excluding carboxylic acids is 1. The van der Waals surface area contributed by atoms with Gasteiger partial charge in [-0.05, 0) is 44.6 Å². The second-order valence-electron chi connectivity index (χ2n) is 4.27. The second kappa shape index (κ2) is 8.70. The van der Waals surface area contributed by atoms with Crippen LogP contribution in [0.15, 0.2) is 24.3 Å². The van der Waals surface area contributed by atoms with Crippen molar-refractivity contribution in [3.05, 3.63) is 29.8 Å². The van der Waals surface area contributed by atoms with Crippen LogP contribution in [0.3, 0.4) is 0 Å². The average Bonchev–Trinajstić information content (AvgIpc) is 2.43. The summed E-state index contributed by atoms with van der Waals surface area (Å²) >= 11 is 0. The second-order valence-corrected chi connectivity index (χ2v) is 4.27. The molecule has 0 spiro atoms. The van der Waals surface area contributed by atoms with Crippen LogP contribution in [0.2, 0.25) is 0 Å². The monoisotopic (exact) mass is 249 g/mol. The molecule has 18 heavy (non-hydrogen) atoms. The first-order valence-corrected chi connectivity index (χ1v) is 6.70. The van der Waals surface area contributed by atoms with Crippen LogP contribution in [0.25, 0.3) is 0 Å². The zero-order valence-corrected chi connectivity index (χ0v) is 11.4. The van der Waals surface area contributed by atoms with E-state index in [9.17, 15) is 4.79 Å². The number of ether oxygens (including phenoxy) is 1. The van der Waals surface area contributed by atoms with Crippen LogP contribution in [0, 0.1) is 0 Å². The van der Waals surface area contributed by atoms with Crippen molar-refractivity contribution in [3.8, 4) is 5.75 Å². The molecule has 0 saturated carbocycles. The number of aldehydes is 1. The third-order valence-electron chi connectivity index (χ3n) is 3.03. The lowest BCUT2D eigenvalue weighted by Crippen LogP contribution is -2.24. The van der Waals surface area contributed by atoms with Gasteiger partial charge in [0.05, 0.1) is 6.61 Å². The Hall–Kier alpha value is -1.35. The van der Waals surface area contributed by atoms with Gasteiger partial charge in [0.15, 0.2) is 0 Å². The number of unbranched alkanes of at least 4 members (excludes halogenated alkanes) is 1. The summed E-state index contributed by atoms with van der Waals surface area (Å²) in [6.07, 6.45) is 3.03. The zero-order chi connectivity index (χ0) is 13.2. The SMILES string of the molecule is CCN(CC)CCCCOc1cccc(C=O)c1. The van der Waals surface area contributed by atoms with Crippen molar-refractivity contribution in [2.75, 3.05) is 26.2 Å². The van der Waals surface area contributed by atoms with Crippen LogP contribution in [0.5, 0.6) is 5.75 Å². The van der Waals surface area contributed by atoms with E-state index in [1.54, 1.807) is 12.1 Å². The Bertz CT molecular complexity index is 348. The van der Waals surface area contributed by atoms with Crippen molar-refractivity contribution in [1.29, 1.82) is 0 Å². The Labute approximate surface area is 110 Å². The molecule has 0 aromatic heterocycles. The summed E-state index contributed by atoms with van der Waals surface area (Å²) in [5.74, 6) is 0.780. The molecule has 1 rings (SSSR count). The summed E-state index contributed by atoms with van der Waals surface area (Å²) in [5, 5.41) is 0. The summed E-state index contributed by atoms with van der Waals surface area (Å²) < 4.78 is 5.62. The fraction of sp³-hybridized carbons (Fsp3) is 0.533. The van der Waals surface area contributed by atoms with E-state index in [-0.39, 0.29) is 0 Å². The van der Waals surface area contributed by atoms with Crippen molar-refractivity contribution in [3.63, 3.8) is 0 Å². The summed E-state index contributed by atoms with van der Waals surface area (Å²) in [7, 11) is 0. The summed E-state index contributed by atoms with van der Waals surface area (Å²) in [4.78, 5) is 13.0. The number of nitrogens with zero attached hydrogens (tertiary/aromatic N) is 1. The van der Waals surface area contributed by atoms with Gasteiger partial charge in [-0.15, -0.1) is 0 Å². The maximum atomic E-state index is 10.6. The third kappa shape index (κ3) is 5.32. The molecule has 0 heterocycles. The molecular weight excluding hydrogens is 226 g/mol. The maximum absolute atomic E-state index is 10.6. The van der Waals surface area contributed by atoms with Gasteiger partial charge in [0.25, 0.3) is 0 Å². The molecule has 0 amide bonds. The Morgan fingerprint density at radius 3 is 2.67 bits per heavy atom. The topological polar surface area (TPSA) is 29.5 Å². The number of rotatable bonds is 9. The predicted octanol–water partition coefficient (Wildman–Crippen LogP) is 3.00. The first-order chi connectivity index (χ1) is 8.80. The van der Waals surface area contributed by atoms with Gasteiger partial charge in [-0.25, -0.2) is 0 Å². The summed E-state index contributed by atoms with van der Waals surface area (Å²) in [6, 6.07) is 7.28. The number of carbonyl (C=O) groups is 1. The van der Waals surface area contributed by atoms with E-state index in [1.807, 2.05) is 12.1 Å². The normalized spacial score (nSPS) is 10.6. The smallest absolute Gasteiger partial charge is 0.150 e. The Morgan fingerprint density at radius 2 is 2.00 bits per heavy atom. The quantitative estimate of drug-likeness (QED) is 0.498. The minimum atomic E-state index is 0.663. The lowest BCUT2D eigenvalue weighted by molar-refractivity contribution is 0.112. The highest BCUT2D eigenvalue weighted by atomic mass is 16.5. The van der Waals surface area contributed by atoms with Gasteiger partial charge < -0.3 is 9.64 Å². The van der Waals surface area contributed by atoms with Crippen molar-refractivity contribution in [2.45, 2.75) is 26.7 Å². The number of benzene rings is 1. The third-order valence-corrected chi connectivity index (χ3v) is 3.03. The molecule has 0 radical (unpaired) electrons. The highest BCUT2D eigenvalue weighted by Crippen LogP contribution is 2.12. The largest absolute Gasteiger partial charge is 0.494 e. The van der Waals surface area contributed by atoms with E-state index >= 15 is 0 Å². The van der Waals surface area contributed by atoms with Crippen molar-refractivity contribution < 1.29 is 9.53 Å². The standard InChI is InChI=1S/C15H23NO2/c1-3-16(4-2)10-5-6-11-18-15-9-7-8-14(12-15)13-17/h7-9,12-13H,3-6,10-11H2,1-2H3. The molecule has 0 unspecified atom stereocenters. The minimum Gasteiger partial charge on any atom is -0.494 e. The van der Waals surface area contributed by atoms with Crippen LogP contribution in [0.4, 0.5) is 0 Å². The van der Waals surface area contributed by atoms with Crippen LogP contribution in [0.1, 0.15) is 37.0 Å². The highest BCUT2D eigenvalue weighted by Gasteiger charge is 1.99.